The molecule has 0 saturated carbocycles. The molecule has 1 aliphatic heterocycles. The molecule has 4 rings (SSSR count). The summed E-state index contributed by atoms with van der Waals surface area (Å²) in [5.74, 6) is 1.01. The Balaban J connectivity index is 1.78. The van der Waals surface area contributed by atoms with Crippen LogP contribution in [0.15, 0.2) is 21.3 Å². The number of hydrogen-bond acceptors (Lipinski definition) is 4. The molecule has 2 heterocycles. The van der Waals surface area contributed by atoms with Gasteiger partial charge in [-0.15, -0.1) is 0 Å². The average molecular weight is 327 g/mol. The van der Waals surface area contributed by atoms with Gasteiger partial charge >= 0.3 is 5.63 Å². The van der Waals surface area contributed by atoms with Crippen molar-refractivity contribution in [2.75, 3.05) is 13.1 Å². The lowest BCUT2D eigenvalue weighted by molar-refractivity contribution is 0.183. The number of rotatable bonds is 2. The molecule has 0 atom stereocenters. The number of benzene rings is 1. The zero-order valence-electron chi connectivity index (χ0n) is 14.3. The smallest absolute Gasteiger partial charge is 0.339 e. The Morgan fingerprint density at radius 3 is 2.62 bits per heavy atom. The lowest BCUT2D eigenvalue weighted by Gasteiger charge is -2.30. The molecule has 1 saturated heterocycles. The molecule has 4 heteroatoms. The zero-order chi connectivity index (χ0) is 16.7. The van der Waals surface area contributed by atoms with Crippen molar-refractivity contribution in [1.82, 2.24) is 4.90 Å². The molecule has 0 spiro atoms. The van der Waals surface area contributed by atoms with Gasteiger partial charge in [0, 0.05) is 17.5 Å². The fourth-order valence-corrected chi connectivity index (χ4v) is 4.15. The number of aromatic hydroxyl groups is 1. The van der Waals surface area contributed by atoms with Crippen LogP contribution in [0.5, 0.6) is 5.75 Å². The highest BCUT2D eigenvalue weighted by Gasteiger charge is 2.23. The van der Waals surface area contributed by atoms with Gasteiger partial charge in [-0.3, -0.25) is 4.90 Å². The Labute approximate surface area is 142 Å². The number of phenolic OH excluding ortho intramolecular Hbond substituents is 1. The van der Waals surface area contributed by atoms with Crippen LogP contribution in [-0.4, -0.2) is 23.1 Å². The van der Waals surface area contributed by atoms with Crippen molar-refractivity contribution in [1.29, 1.82) is 0 Å². The highest BCUT2D eigenvalue weighted by atomic mass is 16.4. The topological polar surface area (TPSA) is 53.7 Å². The first-order chi connectivity index (χ1) is 11.6. The maximum Gasteiger partial charge on any atom is 0.339 e. The maximum atomic E-state index is 12.4. The molecule has 1 aliphatic carbocycles. The number of aryl methyl sites for hydroxylation is 1. The molecule has 0 unspecified atom stereocenters. The minimum Gasteiger partial charge on any atom is -0.507 e. The SMILES string of the molecule is CC1CCN(Cc2c(O)ccc3c4c(c(=O)oc23)CCCC4)CC1. The molecule has 0 radical (unpaired) electrons. The molecule has 1 fully saturated rings. The van der Waals surface area contributed by atoms with Crippen molar-refractivity contribution in [3.8, 4) is 5.75 Å². The number of phenols is 1. The van der Waals surface area contributed by atoms with E-state index in [0.717, 1.165) is 66.8 Å². The van der Waals surface area contributed by atoms with Crippen LogP contribution >= 0.6 is 0 Å². The van der Waals surface area contributed by atoms with E-state index in [1.165, 1.54) is 12.8 Å². The highest BCUT2D eigenvalue weighted by Crippen LogP contribution is 2.33. The lowest BCUT2D eigenvalue weighted by atomic mass is 9.90. The van der Waals surface area contributed by atoms with E-state index < -0.39 is 0 Å². The summed E-state index contributed by atoms with van der Waals surface area (Å²) in [7, 11) is 0. The second-order valence-electron chi connectivity index (χ2n) is 7.45. The van der Waals surface area contributed by atoms with Crippen LogP contribution in [0.3, 0.4) is 0 Å². The third-order valence-electron chi connectivity index (χ3n) is 5.73. The lowest BCUT2D eigenvalue weighted by Crippen LogP contribution is -2.32. The van der Waals surface area contributed by atoms with Gasteiger partial charge in [-0.1, -0.05) is 6.92 Å². The van der Waals surface area contributed by atoms with Crippen molar-refractivity contribution in [3.05, 3.63) is 39.2 Å². The number of piperidine rings is 1. The summed E-state index contributed by atoms with van der Waals surface area (Å²) in [6, 6.07) is 3.68. The summed E-state index contributed by atoms with van der Waals surface area (Å²) >= 11 is 0. The summed E-state index contributed by atoms with van der Waals surface area (Å²) in [6.07, 6.45) is 6.29. The molecule has 128 valence electrons. The second-order valence-corrected chi connectivity index (χ2v) is 7.45. The van der Waals surface area contributed by atoms with Gasteiger partial charge in [0.25, 0.3) is 0 Å². The van der Waals surface area contributed by atoms with E-state index in [2.05, 4.69) is 11.8 Å². The molecule has 1 N–H and O–H groups in total. The van der Waals surface area contributed by atoms with Crippen LogP contribution in [0.4, 0.5) is 0 Å². The second kappa shape index (κ2) is 6.25. The van der Waals surface area contributed by atoms with Crippen LogP contribution in [0.2, 0.25) is 0 Å². The van der Waals surface area contributed by atoms with Crippen molar-refractivity contribution in [3.63, 3.8) is 0 Å². The minimum absolute atomic E-state index is 0.212. The first-order valence-electron chi connectivity index (χ1n) is 9.15. The van der Waals surface area contributed by atoms with E-state index in [1.807, 2.05) is 6.07 Å². The molecule has 2 aliphatic rings. The molecule has 1 aromatic heterocycles. The minimum atomic E-state index is -0.212. The summed E-state index contributed by atoms with van der Waals surface area (Å²) < 4.78 is 5.69. The van der Waals surface area contributed by atoms with E-state index in [-0.39, 0.29) is 11.4 Å². The fraction of sp³-hybridized carbons (Fsp3) is 0.550. The first kappa shape index (κ1) is 15.7. The monoisotopic (exact) mass is 327 g/mol. The van der Waals surface area contributed by atoms with Gasteiger partial charge < -0.3 is 9.52 Å². The van der Waals surface area contributed by atoms with Gasteiger partial charge in [-0.25, -0.2) is 4.79 Å². The number of nitrogens with zero attached hydrogens (tertiary/aromatic N) is 1. The third kappa shape index (κ3) is 2.73. The van der Waals surface area contributed by atoms with Gasteiger partial charge in [0.2, 0.25) is 0 Å². The van der Waals surface area contributed by atoms with Crippen molar-refractivity contribution in [2.45, 2.75) is 52.0 Å². The molecule has 0 bridgehead atoms. The molecule has 2 aromatic rings. The Hall–Kier alpha value is -1.81. The summed E-state index contributed by atoms with van der Waals surface area (Å²) in [6.45, 7) is 5.01. The summed E-state index contributed by atoms with van der Waals surface area (Å²) in [4.78, 5) is 14.8. The Bertz CT molecular complexity index is 816. The third-order valence-corrected chi connectivity index (χ3v) is 5.73. The normalized spacial score (nSPS) is 19.5. The first-order valence-corrected chi connectivity index (χ1v) is 9.15. The van der Waals surface area contributed by atoms with E-state index in [1.54, 1.807) is 6.07 Å². The van der Waals surface area contributed by atoms with E-state index in [9.17, 15) is 9.90 Å². The van der Waals surface area contributed by atoms with Crippen LogP contribution in [0.1, 0.15) is 49.3 Å². The van der Waals surface area contributed by atoms with Crippen LogP contribution in [0, 0.1) is 5.92 Å². The standard InChI is InChI=1S/C20H25NO3/c1-13-8-10-21(11-9-13)12-17-18(22)7-6-15-14-4-2-3-5-16(14)20(23)24-19(15)17/h6-7,13,22H,2-5,8-12H2,1H3. The Morgan fingerprint density at radius 1 is 1.17 bits per heavy atom. The van der Waals surface area contributed by atoms with E-state index in [0.29, 0.717) is 12.1 Å². The largest absolute Gasteiger partial charge is 0.507 e. The van der Waals surface area contributed by atoms with Crippen molar-refractivity contribution < 1.29 is 9.52 Å². The number of fused-ring (bicyclic) bond motifs is 3. The van der Waals surface area contributed by atoms with Crippen molar-refractivity contribution in [2.24, 2.45) is 5.92 Å². The molecule has 1 aromatic carbocycles. The van der Waals surface area contributed by atoms with Crippen molar-refractivity contribution >= 4 is 11.0 Å². The number of hydrogen-bond donors (Lipinski definition) is 1. The van der Waals surface area contributed by atoms with Gasteiger partial charge in [-0.2, -0.15) is 0 Å². The molecular formula is C20H25NO3. The quantitative estimate of drug-likeness (QED) is 0.856. The van der Waals surface area contributed by atoms with E-state index >= 15 is 0 Å². The molecule has 0 amide bonds. The van der Waals surface area contributed by atoms with E-state index in [4.69, 9.17) is 4.42 Å². The average Bonchev–Trinajstić information content (AvgIpc) is 2.60. The molecular weight excluding hydrogens is 302 g/mol. The van der Waals surface area contributed by atoms with Crippen LogP contribution < -0.4 is 5.63 Å². The molecule has 24 heavy (non-hydrogen) atoms. The fourth-order valence-electron chi connectivity index (χ4n) is 4.15. The number of likely N-dealkylation sites (tertiary alicyclic amines) is 1. The predicted molar refractivity (Wildman–Crippen MR) is 94.5 cm³/mol. The maximum absolute atomic E-state index is 12.4. The van der Waals surface area contributed by atoms with Gasteiger partial charge in [0.15, 0.2) is 0 Å². The summed E-state index contributed by atoms with van der Waals surface area (Å²) in [5, 5.41) is 11.4. The Morgan fingerprint density at radius 2 is 1.88 bits per heavy atom. The summed E-state index contributed by atoms with van der Waals surface area (Å²) in [5.41, 5.74) is 3.14. The molecule has 4 nitrogen and oxygen atoms in total. The predicted octanol–water partition coefficient (Wildman–Crippen LogP) is 3.61. The zero-order valence-corrected chi connectivity index (χ0v) is 14.3. The van der Waals surface area contributed by atoms with Crippen LogP contribution in [-0.2, 0) is 19.4 Å². The highest BCUT2D eigenvalue weighted by molar-refractivity contribution is 5.86. The van der Waals surface area contributed by atoms with Crippen LogP contribution in [0.25, 0.3) is 11.0 Å². The Kier molecular flexibility index (Phi) is 4.09. The van der Waals surface area contributed by atoms with Gasteiger partial charge in [0.05, 0.1) is 5.56 Å². The van der Waals surface area contributed by atoms with Gasteiger partial charge in [-0.05, 0) is 75.2 Å². The van der Waals surface area contributed by atoms with Gasteiger partial charge in [0.1, 0.15) is 11.3 Å².